The first-order valence-corrected chi connectivity index (χ1v) is 9.16. The molecule has 26 heavy (non-hydrogen) atoms. The number of nitrogens with one attached hydrogen (secondary N) is 3. The highest BCUT2D eigenvalue weighted by Gasteiger charge is 2.10. The van der Waals surface area contributed by atoms with Gasteiger partial charge in [0.15, 0.2) is 0 Å². The Balaban J connectivity index is 2.45. The molecule has 7 nitrogen and oxygen atoms in total. The number of amides is 4. The van der Waals surface area contributed by atoms with Crippen LogP contribution in [0.15, 0.2) is 24.3 Å². The third-order valence-electron chi connectivity index (χ3n) is 3.91. The number of unbranched alkanes of at least 4 members (excludes halogenated alkanes) is 3. The average Bonchev–Trinajstić information content (AvgIpc) is 2.58. The van der Waals surface area contributed by atoms with Gasteiger partial charge in [-0.15, -0.1) is 0 Å². The first kappa shape index (κ1) is 21.5. The summed E-state index contributed by atoms with van der Waals surface area (Å²) in [6.07, 6.45) is 5.70. The highest BCUT2D eigenvalue weighted by Crippen LogP contribution is 2.11. The van der Waals surface area contributed by atoms with Gasteiger partial charge >= 0.3 is 6.03 Å². The van der Waals surface area contributed by atoms with E-state index in [1.54, 1.807) is 24.3 Å². The lowest BCUT2D eigenvalue weighted by Crippen LogP contribution is -2.36. The molecular weight excluding hydrogens is 332 g/mol. The molecule has 144 valence electrons. The molecule has 0 heterocycles. The van der Waals surface area contributed by atoms with E-state index >= 15 is 0 Å². The van der Waals surface area contributed by atoms with Gasteiger partial charge in [0.1, 0.15) is 0 Å². The van der Waals surface area contributed by atoms with Crippen LogP contribution < -0.4 is 21.7 Å². The van der Waals surface area contributed by atoms with Crippen molar-refractivity contribution < 1.29 is 14.4 Å². The molecule has 1 rings (SSSR count). The van der Waals surface area contributed by atoms with Gasteiger partial charge in [-0.1, -0.05) is 38.7 Å². The Morgan fingerprint density at radius 2 is 1.92 bits per heavy atom. The summed E-state index contributed by atoms with van der Waals surface area (Å²) in [5.74, 6) is -0.791. The molecular formula is C19H30N4O3. The number of nitrogens with two attached hydrogens (primary N) is 1. The standard InChI is InChI=1S/C19H30N4O3/c1-3-4-5-6-8-14(2)22-19(26)23-16-10-7-9-15(13-16)18(25)21-12-11-17(20)24/h7,9-10,13-14H,3-6,8,11-12H2,1-2H3,(H2,20,24)(H,21,25)(H2,22,23,26). The van der Waals surface area contributed by atoms with Crippen LogP contribution in [-0.4, -0.2) is 30.4 Å². The number of benzene rings is 1. The van der Waals surface area contributed by atoms with Gasteiger partial charge < -0.3 is 21.7 Å². The van der Waals surface area contributed by atoms with Crippen molar-refractivity contribution in [2.24, 2.45) is 5.73 Å². The van der Waals surface area contributed by atoms with Gasteiger partial charge in [0.05, 0.1) is 0 Å². The predicted molar refractivity (Wildman–Crippen MR) is 103 cm³/mol. The number of anilines is 1. The summed E-state index contributed by atoms with van der Waals surface area (Å²) < 4.78 is 0. The SMILES string of the molecule is CCCCCCC(C)NC(=O)Nc1cccc(C(=O)NCCC(N)=O)c1. The zero-order valence-electron chi connectivity index (χ0n) is 15.6. The zero-order valence-corrected chi connectivity index (χ0v) is 15.6. The van der Waals surface area contributed by atoms with Crippen LogP contribution in [0.5, 0.6) is 0 Å². The third-order valence-corrected chi connectivity index (χ3v) is 3.91. The normalized spacial score (nSPS) is 11.5. The summed E-state index contributed by atoms with van der Waals surface area (Å²) in [7, 11) is 0. The summed E-state index contributed by atoms with van der Waals surface area (Å²) in [4.78, 5) is 34.8. The summed E-state index contributed by atoms with van der Waals surface area (Å²) in [5.41, 5.74) is 5.97. The topological polar surface area (TPSA) is 113 Å². The fourth-order valence-corrected chi connectivity index (χ4v) is 2.48. The Morgan fingerprint density at radius 1 is 1.15 bits per heavy atom. The fraction of sp³-hybridized carbons (Fsp3) is 0.526. The van der Waals surface area contributed by atoms with Crippen LogP contribution in [-0.2, 0) is 4.79 Å². The zero-order chi connectivity index (χ0) is 19.4. The average molecular weight is 362 g/mol. The number of primary amides is 1. The molecule has 0 spiro atoms. The van der Waals surface area contributed by atoms with E-state index in [0.29, 0.717) is 11.3 Å². The summed E-state index contributed by atoms with van der Waals surface area (Å²) in [5, 5.41) is 8.25. The molecule has 0 bridgehead atoms. The number of hydrogen-bond donors (Lipinski definition) is 4. The van der Waals surface area contributed by atoms with E-state index in [1.165, 1.54) is 19.3 Å². The largest absolute Gasteiger partial charge is 0.370 e. The number of rotatable bonds is 11. The lowest BCUT2D eigenvalue weighted by Gasteiger charge is -2.15. The summed E-state index contributed by atoms with van der Waals surface area (Å²) in [6, 6.07) is 6.43. The Bertz CT molecular complexity index is 604. The third kappa shape index (κ3) is 9.05. The van der Waals surface area contributed by atoms with Crippen LogP contribution in [0.1, 0.15) is 62.7 Å². The molecule has 1 atom stereocenters. The van der Waals surface area contributed by atoms with Crippen molar-refractivity contribution in [1.29, 1.82) is 0 Å². The number of carbonyl (C=O) groups is 3. The van der Waals surface area contributed by atoms with Gasteiger partial charge in [0.2, 0.25) is 5.91 Å². The van der Waals surface area contributed by atoms with Crippen molar-refractivity contribution in [1.82, 2.24) is 10.6 Å². The monoisotopic (exact) mass is 362 g/mol. The number of carbonyl (C=O) groups excluding carboxylic acids is 3. The smallest absolute Gasteiger partial charge is 0.319 e. The molecule has 0 aliphatic carbocycles. The first-order chi connectivity index (χ1) is 12.4. The van der Waals surface area contributed by atoms with Crippen molar-refractivity contribution in [3.05, 3.63) is 29.8 Å². The molecule has 0 saturated carbocycles. The van der Waals surface area contributed by atoms with Gasteiger partial charge in [-0.05, 0) is 31.5 Å². The van der Waals surface area contributed by atoms with E-state index in [1.807, 2.05) is 6.92 Å². The second-order valence-corrected chi connectivity index (χ2v) is 6.40. The number of urea groups is 1. The van der Waals surface area contributed by atoms with E-state index in [9.17, 15) is 14.4 Å². The first-order valence-electron chi connectivity index (χ1n) is 9.16. The maximum atomic E-state index is 12.1. The van der Waals surface area contributed by atoms with Gasteiger partial charge in [-0.2, -0.15) is 0 Å². The van der Waals surface area contributed by atoms with Crippen LogP contribution in [0.2, 0.25) is 0 Å². The molecule has 0 aliphatic heterocycles. The predicted octanol–water partition coefficient (Wildman–Crippen LogP) is 2.77. The highest BCUT2D eigenvalue weighted by atomic mass is 16.2. The maximum absolute atomic E-state index is 12.1. The fourth-order valence-electron chi connectivity index (χ4n) is 2.48. The van der Waals surface area contributed by atoms with Gasteiger partial charge in [0, 0.05) is 30.3 Å². The molecule has 1 aromatic rings. The van der Waals surface area contributed by atoms with Crippen molar-refractivity contribution in [3.63, 3.8) is 0 Å². The Labute approximate surface area is 155 Å². The molecule has 5 N–H and O–H groups in total. The molecule has 7 heteroatoms. The van der Waals surface area contributed by atoms with Crippen molar-refractivity contribution in [2.45, 2.75) is 58.4 Å². The van der Waals surface area contributed by atoms with Crippen LogP contribution in [0.4, 0.5) is 10.5 Å². The van der Waals surface area contributed by atoms with Crippen LogP contribution in [0.25, 0.3) is 0 Å². The van der Waals surface area contributed by atoms with Gasteiger partial charge in [-0.25, -0.2) is 4.79 Å². The Hall–Kier alpha value is -2.57. The van der Waals surface area contributed by atoms with Gasteiger partial charge in [-0.3, -0.25) is 9.59 Å². The minimum atomic E-state index is -0.471. The van der Waals surface area contributed by atoms with E-state index in [-0.39, 0.29) is 30.9 Å². The van der Waals surface area contributed by atoms with Crippen LogP contribution >= 0.6 is 0 Å². The molecule has 4 amide bonds. The van der Waals surface area contributed by atoms with Crippen LogP contribution in [0, 0.1) is 0 Å². The van der Waals surface area contributed by atoms with E-state index < -0.39 is 5.91 Å². The molecule has 0 radical (unpaired) electrons. The minimum absolute atomic E-state index is 0.0855. The molecule has 0 saturated heterocycles. The number of hydrogen-bond acceptors (Lipinski definition) is 3. The van der Waals surface area contributed by atoms with E-state index in [0.717, 1.165) is 12.8 Å². The Kier molecular flexibility index (Phi) is 9.82. The molecule has 0 aliphatic rings. The minimum Gasteiger partial charge on any atom is -0.370 e. The maximum Gasteiger partial charge on any atom is 0.319 e. The lowest BCUT2D eigenvalue weighted by molar-refractivity contribution is -0.117. The molecule has 1 unspecified atom stereocenters. The van der Waals surface area contributed by atoms with Crippen LogP contribution in [0.3, 0.4) is 0 Å². The Morgan fingerprint density at radius 3 is 2.62 bits per heavy atom. The van der Waals surface area contributed by atoms with Crippen molar-refractivity contribution >= 4 is 23.5 Å². The second-order valence-electron chi connectivity index (χ2n) is 6.40. The van der Waals surface area contributed by atoms with E-state index in [2.05, 4.69) is 22.9 Å². The lowest BCUT2D eigenvalue weighted by atomic mass is 10.1. The molecule has 0 aromatic heterocycles. The quantitative estimate of drug-likeness (QED) is 0.454. The highest BCUT2D eigenvalue weighted by molar-refractivity contribution is 5.97. The van der Waals surface area contributed by atoms with Crippen molar-refractivity contribution in [2.75, 3.05) is 11.9 Å². The molecule has 0 fully saturated rings. The summed E-state index contributed by atoms with van der Waals surface area (Å²) in [6.45, 7) is 4.33. The second kappa shape index (κ2) is 11.9. The van der Waals surface area contributed by atoms with E-state index in [4.69, 9.17) is 5.73 Å². The summed E-state index contributed by atoms with van der Waals surface area (Å²) >= 11 is 0. The molecule has 1 aromatic carbocycles. The van der Waals surface area contributed by atoms with Gasteiger partial charge in [0.25, 0.3) is 5.91 Å². The van der Waals surface area contributed by atoms with Crippen molar-refractivity contribution in [3.8, 4) is 0 Å².